The number of nitrogens with one attached hydrogen (secondary N) is 1. The summed E-state index contributed by atoms with van der Waals surface area (Å²) in [6.07, 6.45) is 4.36. The number of nitrogens with zero attached hydrogens (tertiary/aromatic N) is 2. The Bertz CT molecular complexity index is 892. The topological polar surface area (TPSA) is 81.2 Å². The third-order valence-electron chi connectivity index (χ3n) is 3.68. The number of carbonyl (C=O) groups excluding carboxylic acids is 2. The van der Waals surface area contributed by atoms with Crippen LogP contribution in [0.2, 0.25) is 0 Å². The van der Waals surface area contributed by atoms with Crippen LogP contribution in [0, 0.1) is 0 Å². The molecule has 0 aliphatic carbocycles. The van der Waals surface area contributed by atoms with Crippen molar-refractivity contribution in [1.29, 1.82) is 0 Å². The number of thiazole rings is 1. The van der Waals surface area contributed by atoms with Gasteiger partial charge in [-0.3, -0.25) is 9.78 Å². The molecule has 0 saturated carbocycles. The molecule has 0 saturated heterocycles. The lowest BCUT2D eigenvalue weighted by Gasteiger charge is -2.05. The molecular weight excluding hydrogens is 350 g/mol. The molecule has 132 valence electrons. The van der Waals surface area contributed by atoms with Crippen LogP contribution in [-0.4, -0.2) is 29.0 Å². The maximum Gasteiger partial charge on any atom is 0.337 e. The van der Waals surface area contributed by atoms with Crippen LogP contribution >= 0.6 is 11.3 Å². The molecule has 7 heteroatoms. The Morgan fingerprint density at radius 1 is 1.12 bits per heavy atom. The van der Waals surface area contributed by atoms with Gasteiger partial charge in [0.05, 0.1) is 18.4 Å². The van der Waals surface area contributed by atoms with Gasteiger partial charge in [-0.2, -0.15) is 0 Å². The molecule has 0 unspecified atom stereocenters. The van der Waals surface area contributed by atoms with Gasteiger partial charge < -0.3 is 10.1 Å². The molecule has 3 rings (SSSR count). The maximum absolute atomic E-state index is 12.1. The first-order chi connectivity index (χ1) is 12.7. The summed E-state index contributed by atoms with van der Waals surface area (Å²) < 4.78 is 4.64. The Kier molecular flexibility index (Phi) is 5.70. The number of methoxy groups -OCH3 is 1. The van der Waals surface area contributed by atoms with E-state index in [1.165, 1.54) is 7.11 Å². The minimum Gasteiger partial charge on any atom is -0.465 e. The number of rotatable bonds is 6. The molecule has 0 bridgehead atoms. The van der Waals surface area contributed by atoms with Crippen LogP contribution in [0.3, 0.4) is 0 Å². The zero-order valence-corrected chi connectivity index (χ0v) is 15.0. The van der Waals surface area contributed by atoms with Crippen molar-refractivity contribution >= 4 is 28.9 Å². The van der Waals surface area contributed by atoms with E-state index in [0.717, 1.165) is 16.3 Å². The zero-order chi connectivity index (χ0) is 18.4. The van der Waals surface area contributed by atoms with E-state index in [9.17, 15) is 9.59 Å². The van der Waals surface area contributed by atoms with Gasteiger partial charge in [-0.15, -0.1) is 11.3 Å². The lowest BCUT2D eigenvalue weighted by Crippen LogP contribution is -2.12. The fourth-order valence-electron chi connectivity index (χ4n) is 2.32. The maximum atomic E-state index is 12.1. The van der Waals surface area contributed by atoms with Crippen molar-refractivity contribution in [1.82, 2.24) is 9.97 Å². The van der Waals surface area contributed by atoms with E-state index in [-0.39, 0.29) is 5.91 Å². The monoisotopic (exact) mass is 367 g/mol. The van der Waals surface area contributed by atoms with Crippen LogP contribution < -0.4 is 5.32 Å². The van der Waals surface area contributed by atoms with Crippen molar-refractivity contribution in [3.63, 3.8) is 0 Å². The molecule has 3 aromatic rings. The van der Waals surface area contributed by atoms with Crippen LogP contribution in [0.4, 0.5) is 5.69 Å². The van der Waals surface area contributed by atoms with Crippen molar-refractivity contribution in [2.75, 3.05) is 12.4 Å². The summed E-state index contributed by atoms with van der Waals surface area (Å²) in [5.74, 6) is -0.509. The molecule has 1 N–H and O–H groups in total. The summed E-state index contributed by atoms with van der Waals surface area (Å²) in [5, 5.41) is 5.70. The number of hydrogen-bond donors (Lipinski definition) is 1. The summed E-state index contributed by atoms with van der Waals surface area (Å²) in [6.45, 7) is 0. The quantitative estimate of drug-likeness (QED) is 0.674. The third kappa shape index (κ3) is 4.52. The summed E-state index contributed by atoms with van der Waals surface area (Å²) in [6, 6.07) is 10.4. The molecule has 0 atom stereocenters. The first-order valence-corrected chi connectivity index (χ1v) is 8.86. The fraction of sp³-hybridized carbons (Fsp3) is 0.158. The predicted octanol–water partition coefficient (Wildman–Crippen LogP) is 3.56. The van der Waals surface area contributed by atoms with E-state index < -0.39 is 5.97 Å². The van der Waals surface area contributed by atoms with Crippen molar-refractivity contribution in [2.24, 2.45) is 0 Å². The molecule has 0 spiro atoms. The first-order valence-electron chi connectivity index (χ1n) is 7.99. The average Bonchev–Trinajstić information content (AvgIpc) is 3.16. The lowest BCUT2D eigenvalue weighted by molar-refractivity contribution is -0.116. The van der Waals surface area contributed by atoms with Crippen molar-refractivity contribution < 1.29 is 14.3 Å². The molecule has 2 aromatic heterocycles. The molecule has 2 heterocycles. The molecule has 0 radical (unpaired) electrons. The summed E-state index contributed by atoms with van der Waals surface area (Å²) >= 11 is 1.55. The van der Waals surface area contributed by atoms with E-state index in [2.05, 4.69) is 20.0 Å². The van der Waals surface area contributed by atoms with Gasteiger partial charge in [0.25, 0.3) is 0 Å². The average molecular weight is 367 g/mol. The fourth-order valence-corrected chi connectivity index (χ4v) is 3.18. The molecule has 1 amide bonds. The molecule has 0 aliphatic rings. The highest BCUT2D eigenvalue weighted by atomic mass is 32.1. The lowest BCUT2D eigenvalue weighted by atomic mass is 10.2. The highest BCUT2D eigenvalue weighted by Gasteiger charge is 2.09. The number of pyridine rings is 1. The van der Waals surface area contributed by atoms with Gasteiger partial charge in [-0.1, -0.05) is 0 Å². The molecule has 6 nitrogen and oxygen atoms in total. The van der Waals surface area contributed by atoms with Crippen LogP contribution in [0.15, 0.2) is 54.2 Å². The standard InChI is InChI=1S/C19H17N3O3S/c1-25-19(24)14-2-4-15(5-3-14)21-17(23)7-6-16-12-26-18(22-16)13-8-10-20-11-9-13/h2-5,8-12H,6-7H2,1H3,(H,21,23). The Morgan fingerprint density at radius 2 is 1.85 bits per heavy atom. The van der Waals surface area contributed by atoms with Crippen molar-refractivity contribution in [2.45, 2.75) is 12.8 Å². The molecule has 1 aromatic carbocycles. The Balaban J connectivity index is 1.53. The minimum atomic E-state index is -0.406. The predicted molar refractivity (Wildman–Crippen MR) is 100 cm³/mol. The number of carbonyl (C=O) groups is 2. The molecule has 0 fully saturated rings. The van der Waals surface area contributed by atoms with Gasteiger partial charge in [-0.05, 0) is 42.8 Å². The first kappa shape index (κ1) is 17.8. The van der Waals surface area contributed by atoms with Crippen LogP contribution in [0.25, 0.3) is 10.6 Å². The second-order valence-corrected chi connectivity index (χ2v) is 6.36. The number of benzene rings is 1. The number of ether oxygens (including phenoxy) is 1. The number of aryl methyl sites for hydroxylation is 1. The smallest absolute Gasteiger partial charge is 0.337 e. The number of anilines is 1. The van der Waals surface area contributed by atoms with Crippen LogP contribution in [-0.2, 0) is 16.0 Å². The van der Waals surface area contributed by atoms with E-state index in [1.54, 1.807) is 48.0 Å². The van der Waals surface area contributed by atoms with Gasteiger partial charge >= 0.3 is 5.97 Å². The number of esters is 1. The summed E-state index contributed by atoms with van der Waals surface area (Å²) in [4.78, 5) is 32.0. The Morgan fingerprint density at radius 3 is 2.54 bits per heavy atom. The Hall–Kier alpha value is -3.06. The van der Waals surface area contributed by atoms with E-state index >= 15 is 0 Å². The van der Waals surface area contributed by atoms with Gasteiger partial charge in [0.2, 0.25) is 5.91 Å². The molecule has 26 heavy (non-hydrogen) atoms. The highest BCUT2D eigenvalue weighted by molar-refractivity contribution is 7.13. The second-order valence-electron chi connectivity index (χ2n) is 5.50. The largest absolute Gasteiger partial charge is 0.465 e. The normalized spacial score (nSPS) is 10.3. The number of hydrogen-bond acceptors (Lipinski definition) is 6. The second kappa shape index (κ2) is 8.35. The van der Waals surface area contributed by atoms with Gasteiger partial charge in [0, 0.05) is 35.4 Å². The molecule has 0 aliphatic heterocycles. The van der Waals surface area contributed by atoms with Crippen molar-refractivity contribution in [3.05, 3.63) is 65.4 Å². The number of amides is 1. The SMILES string of the molecule is COC(=O)c1ccc(NC(=O)CCc2csc(-c3ccncc3)n2)cc1. The van der Waals surface area contributed by atoms with Crippen molar-refractivity contribution in [3.8, 4) is 10.6 Å². The van der Waals surface area contributed by atoms with Crippen LogP contribution in [0.1, 0.15) is 22.5 Å². The van der Waals surface area contributed by atoms with Gasteiger partial charge in [0.15, 0.2) is 0 Å². The third-order valence-corrected chi connectivity index (χ3v) is 4.62. The van der Waals surface area contributed by atoms with E-state index in [1.807, 2.05) is 17.5 Å². The number of aromatic nitrogens is 2. The summed E-state index contributed by atoms with van der Waals surface area (Å²) in [5.41, 5.74) is 2.99. The zero-order valence-electron chi connectivity index (χ0n) is 14.1. The van der Waals surface area contributed by atoms with E-state index in [0.29, 0.717) is 24.1 Å². The van der Waals surface area contributed by atoms with E-state index in [4.69, 9.17) is 0 Å². The highest BCUT2D eigenvalue weighted by Crippen LogP contribution is 2.23. The van der Waals surface area contributed by atoms with Gasteiger partial charge in [0.1, 0.15) is 5.01 Å². The minimum absolute atomic E-state index is 0.103. The summed E-state index contributed by atoms with van der Waals surface area (Å²) in [7, 11) is 1.33. The van der Waals surface area contributed by atoms with Crippen LogP contribution in [0.5, 0.6) is 0 Å². The van der Waals surface area contributed by atoms with Gasteiger partial charge in [-0.25, -0.2) is 9.78 Å². The molecular formula is C19H17N3O3S. The Labute approximate surface area is 154 Å².